The first-order valence-corrected chi connectivity index (χ1v) is 12.6. The molecule has 1 aliphatic rings. The van der Waals surface area contributed by atoms with E-state index in [0.717, 1.165) is 6.21 Å². The van der Waals surface area contributed by atoms with Crippen molar-refractivity contribution >= 4 is 24.0 Å². The molecule has 0 aromatic heterocycles. The SMILES string of the molecule is CCCC(CO)N=C/C(C(=O)OCC)=C(/O)c1cc(F)c(C2(NC(=O)OCc3ccccc3)CC2)c(F)c1F. The molecule has 2 aromatic carbocycles. The lowest BCUT2D eigenvalue weighted by atomic mass is 9.98. The number of aliphatic imine (C=N–C) groups is 1. The minimum atomic E-state index is -1.63. The number of nitrogens with one attached hydrogen (secondary N) is 1. The van der Waals surface area contributed by atoms with E-state index < -0.39 is 63.6 Å². The van der Waals surface area contributed by atoms with Crippen LogP contribution >= 0.6 is 0 Å². The second kappa shape index (κ2) is 13.3. The minimum absolute atomic E-state index is 0.0761. The molecule has 0 radical (unpaired) electrons. The third-order valence-electron chi connectivity index (χ3n) is 6.19. The lowest BCUT2D eigenvalue weighted by molar-refractivity contribution is -0.137. The van der Waals surface area contributed by atoms with E-state index in [1.807, 2.05) is 6.92 Å². The number of hydrogen-bond donors (Lipinski definition) is 3. The zero-order valence-electron chi connectivity index (χ0n) is 21.7. The summed E-state index contributed by atoms with van der Waals surface area (Å²) in [5.41, 5.74) is -3.11. The molecule has 1 amide bonds. The summed E-state index contributed by atoms with van der Waals surface area (Å²) in [5, 5.41) is 22.6. The van der Waals surface area contributed by atoms with Gasteiger partial charge in [0.15, 0.2) is 11.6 Å². The molecule has 1 aliphatic carbocycles. The molecule has 39 heavy (non-hydrogen) atoms. The molecular formula is C28H31F3N2O6. The molecule has 1 unspecified atom stereocenters. The van der Waals surface area contributed by atoms with E-state index in [9.17, 15) is 19.8 Å². The smallest absolute Gasteiger partial charge is 0.408 e. The number of aliphatic hydroxyl groups excluding tert-OH is 2. The van der Waals surface area contributed by atoms with Crippen molar-refractivity contribution < 1.29 is 42.4 Å². The highest BCUT2D eigenvalue weighted by Gasteiger charge is 2.51. The van der Waals surface area contributed by atoms with Gasteiger partial charge in [-0.1, -0.05) is 43.7 Å². The summed E-state index contributed by atoms with van der Waals surface area (Å²) in [4.78, 5) is 28.8. The first-order valence-electron chi connectivity index (χ1n) is 12.6. The van der Waals surface area contributed by atoms with E-state index in [4.69, 9.17) is 9.47 Å². The van der Waals surface area contributed by atoms with Gasteiger partial charge in [-0.15, -0.1) is 0 Å². The summed E-state index contributed by atoms with van der Waals surface area (Å²) >= 11 is 0. The highest BCUT2D eigenvalue weighted by Crippen LogP contribution is 2.48. The topological polar surface area (TPSA) is 117 Å². The highest BCUT2D eigenvalue weighted by molar-refractivity contribution is 6.15. The Hall–Kier alpha value is -3.86. The van der Waals surface area contributed by atoms with Gasteiger partial charge in [-0.25, -0.2) is 22.8 Å². The third kappa shape index (κ3) is 7.17. The predicted octanol–water partition coefficient (Wildman–Crippen LogP) is 5.08. The van der Waals surface area contributed by atoms with Gasteiger partial charge >= 0.3 is 12.1 Å². The summed E-state index contributed by atoms with van der Waals surface area (Å²) < 4.78 is 55.8. The molecule has 0 saturated heterocycles. The van der Waals surface area contributed by atoms with Crippen molar-refractivity contribution in [2.24, 2.45) is 4.99 Å². The van der Waals surface area contributed by atoms with Crippen molar-refractivity contribution in [2.45, 2.75) is 57.7 Å². The van der Waals surface area contributed by atoms with Crippen LogP contribution in [0, 0.1) is 17.5 Å². The third-order valence-corrected chi connectivity index (χ3v) is 6.19. The van der Waals surface area contributed by atoms with E-state index in [-0.39, 0.29) is 32.7 Å². The molecule has 3 N–H and O–H groups in total. The van der Waals surface area contributed by atoms with E-state index in [0.29, 0.717) is 24.5 Å². The van der Waals surface area contributed by atoms with Gasteiger partial charge in [0, 0.05) is 6.21 Å². The number of esters is 1. The van der Waals surface area contributed by atoms with E-state index >= 15 is 13.2 Å². The van der Waals surface area contributed by atoms with Gasteiger partial charge in [0.05, 0.1) is 35.9 Å². The van der Waals surface area contributed by atoms with Crippen LogP contribution in [0.15, 0.2) is 47.0 Å². The number of alkyl carbamates (subject to hydrolysis) is 1. The molecule has 8 nitrogen and oxygen atoms in total. The van der Waals surface area contributed by atoms with Crippen LogP contribution in [-0.2, 0) is 26.4 Å². The normalized spacial score (nSPS) is 15.4. The standard InChI is InChI=1S/C28H31F3N2O6/c1-3-8-18(15-34)32-14-20(26(36)38-4-2)25(35)19-13-21(29)22(24(31)23(19)30)28(11-12-28)33-27(37)39-16-17-9-6-5-7-10-17/h5-7,9-10,13-14,18,34-35H,3-4,8,11-12,15-16H2,1-2H3,(H,33,37)/b25-20-,32-14?. The summed E-state index contributed by atoms with van der Waals surface area (Å²) in [6.45, 7) is 2.83. The number of aliphatic hydroxyl groups is 2. The molecule has 11 heteroatoms. The number of rotatable bonds is 12. The van der Waals surface area contributed by atoms with Crippen molar-refractivity contribution in [1.82, 2.24) is 5.32 Å². The van der Waals surface area contributed by atoms with Gasteiger partial charge in [0.1, 0.15) is 23.8 Å². The predicted molar refractivity (Wildman–Crippen MR) is 137 cm³/mol. The Morgan fingerprint density at radius 1 is 1.13 bits per heavy atom. The van der Waals surface area contributed by atoms with Gasteiger partial charge < -0.3 is 25.0 Å². The maximum absolute atomic E-state index is 15.3. The molecule has 210 valence electrons. The zero-order valence-corrected chi connectivity index (χ0v) is 21.7. The highest BCUT2D eigenvalue weighted by atomic mass is 19.2. The quantitative estimate of drug-likeness (QED) is 0.112. The fraction of sp³-hybridized carbons (Fsp3) is 0.393. The van der Waals surface area contributed by atoms with Gasteiger partial charge in [-0.3, -0.25) is 4.99 Å². The van der Waals surface area contributed by atoms with Crippen molar-refractivity contribution in [3.05, 3.63) is 76.1 Å². The first kappa shape index (κ1) is 29.7. The Labute approximate surface area is 224 Å². The van der Waals surface area contributed by atoms with Crippen molar-refractivity contribution in [3.63, 3.8) is 0 Å². The number of ether oxygens (including phenoxy) is 2. The molecule has 1 saturated carbocycles. The minimum Gasteiger partial charge on any atom is -0.506 e. The number of nitrogens with zero attached hydrogens (tertiary/aromatic N) is 1. The van der Waals surface area contributed by atoms with Crippen molar-refractivity contribution in [3.8, 4) is 0 Å². The van der Waals surface area contributed by atoms with Gasteiger partial charge in [-0.05, 0) is 37.8 Å². The maximum atomic E-state index is 15.3. The number of carbonyl (C=O) groups excluding carboxylic acids is 2. The maximum Gasteiger partial charge on any atom is 0.408 e. The van der Waals surface area contributed by atoms with Gasteiger partial charge in [-0.2, -0.15) is 0 Å². The monoisotopic (exact) mass is 548 g/mol. The molecule has 0 bridgehead atoms. The number of hydrogen-bond acceptors (Lipinski definition) is 7. The Kier molecular flexibility index (Phi) is 10.1. The van der Waals surface area contributed by atoms with Crippen LogP contribution in [-0.4, -0.2) is 47.7 Å². The second-order valence-electron chi connectivity index (χ2n) is 9.06. The van der Waals surface area contributed by atoms with Crippen LogP contribution in [0.2, 0.25) is 0 Å². The van der Waals surface area contributed by atoms with Crippen LogP contribution in [0.25, 0.3) is 5.76 Å². The Balaban J connectivity index is 1.92. The summed E-state index contributed by atoms with van der Waals surface area (Å²) in [7, 11) is 0. The average molecular weight is 549 g/mol. The fourth-order valence-electron chi connectivity index (χ4n) is 4.01. The van der Waals surface area contributed by atoms with Gasteiger partial charge in [0.25, 0.3) is 0 Å². The molecule has 2 aromatic rings. The molecular weight excluding hydrogens is 517 g/mol. The summed E-state index contributed by atoms with van der Waals surface area (Å²) in [6, 6.07) is 8.70. The Morgan fingerprint density at radius 2 is 1.82 bits per heavy atom. The Morgan fingerprint density at radius 3 is 2.41 bits per heavy atom. The Bertz CT molecular complexity index is 1250. The molecule has 1 atom stereocenters. The molecule has 0 heterocycles. The summed E-state index contributed by atoms with van der Waals surface area (Å²) in [6.07, 6.45) is 1.33. The molecule has 0 spiro atoms. The lowest BCUT2D eigenvalue weighted by Crippen LogP contribution is -2.37. The van der Waals surface area contributed by atoms with Crippen LogP contribution in [0.1, 0.15) is 56.2 Å². The van der Waals surface area contributed by atoms with E-state index in [1.54, 1.807) is 30.3 Å². The summed E-state index contributed by atoms with van der Waals surface area (Å²) in [5.74, 6) is -6.69. The number of benzene rings is 2. The van der Waals surface area contributed by atoms with E-state index in [1.165, 1.54) is 6.92 Å². The van der Waals surface area contributed by atoms with Crippen LogP contribution in [0.4, 0.5) is 18.0 Å². The molecule has 0 aliphatic heterocycles. The van der Waals surface area contributed by atoms with Crippen molar-refractivity contribution in [2.75, 3.05) is 13.2 Å². The average Bonchev–Trinajstić information content (AvgIpc) is 3.69. The number of carbonyl (C=O) groups is 2. The second-order valence-corrected chi connectivity index (χ2v) is 9.06. The van der Waals surface area contributed by atoms with Gasteiger partial charge in [0.2, 0.25) is 0 Å². The number of amides is 1. The fourth-order valence-corrected chi connectivity index (χ4v) is 4.01. The zero-order chi connectivity index (χ0) is 28.6. The molecule has 3 rings (SSSR count). The molecule has 1 fully saturated rings. The van der Waals surface area contributed by atoms with Crippen LogP contribution in [0.3, 0.4) is 0 Å². The van der Waals surface area contributed by atoms with Crippen molar-refractivity contribution in [1.29, 1.82) is 0 Å². The first-order chi connectivity index (χ1) is 18.7. The van der Waals surface area contributed by atoms with Crippen LogP contribution in [0.5, 0.6) is 0 Å². The van der Waals surface area contributed by atoms with Crippen LogP contribution < -0.4 is 5.32 Å². The lowest BCUT2D eigenvalue weighted by Gasteiger charge is -2.20. The number of halogens is 3. The van der Waals surface area contributed by atoms with E-state index in [2.05, 4.69) is 10.3 Å². The largest absolute Gasteiger partial charge is 0.506 e.